The molecule has 1 aliphatic rings. The third-order valence-electron chi connectivity index (χ3n) is 4.58. The number of carbonyl (C=O) groups is 2. The molecule has 0 saturated heterocycles. The minimum absolute atomic E-state index is 0.220. The molecule has 0 aliphatic heterocycles. The number of para-hydroxylation sites is 1. The van der Waals surface area contributed by atoms with Crippen molar-refractivity contribution in [2.75, 3.05) is 0 Å². The monoisotopic (exact) mass is 286 g/mol. The predicted molar refractivity (Wildman–Crippen MR) is 79.1 cm³/mol. The number of carbonyl (C=O) groups excluding carboxylic acids is 1. The van der Waals surface area contributed by atoms with E-state index in [2.05, 4.69) is 10.3 Å². The lowest BCUT2D eigenvalue weighted by molar-refractivity contribution is -0.148. The van der Waals surface area contributed by atoms with E-state index < -0.39 is 11.4 Å². The van der Waals surface area contributed by atoms with E-state index in [-0.39, 0.29) is 11.9 Å². The number of rotatable bonds is 3. The van der Waals surface area contributed by atoms with E-state index >= 15 is 0 Å². The Bertz CT molecular complexity index is 706. The third kappa shape index (κ3) is 2.18. The topological polar surface area (TPSA) is 82.2 Å². The van der Waals surface area contributed by atoms with E-state index in [1.165, 1.54) is 0 Å². The van der Waals surface area contributed by atoms with Gasteiger partial charge in [-0.25, -0.2) is 0 Å². The standard InChI is InChI=1S/C16H18N2O3/c1-16(15(20)21)8-3-6-12(16)18-14(19)11-5-2-4-10-7-9-17-13(10)11/h2,4-5,7,9,12,17H,3,6,8H2,1H3,(H,18,19)(H,20,21). The molecule has 0 spiro atoms. The Kier molecular flexibility index (Phi) is 3.20. The van der Waals surface area contributed by atoms with Crippen LogP contribution in [0.5, 0.6) is 0 Å². The smallest absolute Gasteiger partial charge is 0.311 e. The zero-order valence-electron chi connectivity index (χ0n) is 11.8. The van der Waals surface area contributed by atoms with Crippen molar-refractivity contribution in [2.45, 2.75) is 32.2 Å². The fourth-order valence-corrected chi connectivity index (χ4v) is 3.16. The molecule has 5 nitrogen and oxygen atoms in total. The summed E-state index contributed by atoms with van der Waals surface area (Å²) in [6, 6.07) is 7.09. The van der Waals surface area contributed by atoms with Crippen LogP contribution in [-0.4, -0.2) is 28.0 Å². The molecule has 1 aromatic heterocycles. The number of amides is 1. The molecule has 0 bridgehead atoms. The summed E-state index contributed by atoms with van der Waals surface area (Å²) in [6.45, 7) is 1.71. The van der Waals surface area contributed by atoms with E-state index in [4.69, 9.17) is 0 Å². The molecule has 1 saturated carbocycles. The van der Waals surface area contributed by atoms with Crippen LogP contribution in [0.25, 0.3) is 10.9 Å². The zero-order valence-corrected chi connectivity index (χ0v) is 11.8. The van der Waals surface area contributed by atoms with Crippen LogP contribution in [0.4, 0.5) is 0 Å². The van der Waals surface area contributed by atoms with Crippen LogP contribution in [0.3, 0.4) is 0 Å². The molecular formula is C16H18N2O3. The third-order valence-corrected chi connectivity index (χ3v) is 4.58. The van der Waals surface area contributed by atoms with E-state index in [9.17, 15) is 14.7 Å². The van der Waals surface area contributed by atoms with Gasteiger partial charge in [0.05, 0.1) is 16.5 Å². The lowest BCUT2D eigenvalue weighted by Crippen LogP contribution is -2.47. The Morgan fingerprint density at radius 1 is 1.38 bits per heavy atom. The van der Waals surface area contributed by atoms with Crippen molar-refractivity contribution in [1.29, 1.82) is 0 Å². The number of H-pyrrole nitrogens is 1. The Balaban J connectivity index is 1.87. The Hall–Kier alpha value is -2.30. The van der Waals surface area contributed by atoms with Crippen LogP contribution in [0.2, 0.25) is 0 Å². The van der Waals surface area contributed by atoms with Crippen molar-refractivity contribution in [2.24, 2.45) is 5.41 Å². The van der Waals surface area contributed by atoms with E-state index in [0.29, 0.717) is 18.4 Å². The van der Waals surface area contributed by atoms with Crippen LogP contribution in [-0.2, 0) is 4.79 Å². The van der Waals surface area contributed by atoms with Crippen molar-refractivity contribution in [3.63, 3.8) is 0 Å². The van der Waals surface area contributed by atoms with E-state index in [1.807, 2.05) is 18.2 Å². The summed E-state index contributed by atoms with van der Waals surface area (Å²) in [7, 11) is 0. The molecule has 3 N–H and O–H groups in total. The highest BCUT2D eigenvalue weighted by atomic mass is 16.4. The quantitative estimate of drug-likeness (QED) is 0.811. The molecule has 1 aromatic carbocycles. The summed E-state index contributed by atoms with van der Waals surface area (Å²) >= 11 is 0. The number of carboxylic acid groups (broad SMARTS) is 1. The highest BCUT2D eigenvalue weighted by Gasteiger charge is 2.46. The minimum Gasteiger partial charge on any atom is -0.481 e. The molecule has 2 unspecified atom stereocenters. The SMILES string of the molecule is CC1(C(=O)O)CCCC1NC(=O)c1cccc2cc[nH]c12. The van der Waals surface area contributed by atoms with Crippen LogP contribution < -0.4 is 5.32 Å². The summed E-state index contributed by atoms with van der Waals surface area (Å²) in [4.78, 5) is 27.0. The largest absolute Gasteiger partial charge is 0.481 e. The number of fused-ring (bicyclic) bond motifs is 1. The first-order chi connectivity index (χ1) is 10.0. The second-order valence-electron chi connectivity index (χ2n) is 5.89. The maximum absolute atomic E-state index is 12.5. The molecule has 1 aliphatic carbocycles. The summed E-state index contributed by atoms with van der Waals surface area (Å²) in [6.07, 6.45) is 3.91. The van der Waals surface area contributed by atoms with Gasteiger partial charge in [0.15, 0.2) is 0 Å². The maximum Gasteiger partial charge on any atom is 0.311 e. The van der Waals surface area contributed by atoms with Gasteiger partial charge in [0.2, 0.25) is 0 Å². The average molecular weight is 286 g/mol. The predicted octanol–water partition coefficient (Wildman–Crippen LogP) is 2.54. The molecule has 1 amide bonds. The number of hydrogen-bond donors (Lipinski definition) is 3. The molecule has 0 radical (unpaired) electrons. The highest BCUT2D eigenvalue weighted by Crippen LogP contribution is 2.38. The molecule has 110 valence electrons. The van der Waals surface area contributed by atoms with Crippen molar-refractivity contribution in [3.05, 3.63) is 36.0 Å². The van der Waals surface area contributed by atoms with Gasteiger partial charge in [-0.2, -0.15) is 0 Å². The molecule has 3 rings (SSSR count). The van der Waals surface area contributed by atoms with Gasteiger partial charge in [0, 0.05) is 17.6 Å². The van der Waals surface area contributed by atoms with Crippen LogP contribution >= 0.6 is 0 Å². The van der Waals surface area contributed by atoms with Gasteiger partial charge in [0.25, 0.3) is 5.91 Å². The van der Waals surface area contributed by atoms with Gasteiger partial charge >= 0.3 is 5.97 Å². The lowest BCUT2D eigenvalue weighted by atomic mass is 9.85. The van der Waals surface area contributed by atoms with Crippen LogP contribution in [0.15, 0.2) is 30.5 Å². The summed E-state index contributed by atoms with van der Waals surface area (Å²) in [5, 5.41) is 13.3. The fraction of sp³-hybridized carbons (Fsp3) is 0.375. The number of aliphatic carboxylic acids is 1. The molecule has 1 heterocycles. The van der Waals surface area contributed by atoms with Crippen molar-refractivity contribution in [3.8, 4) is 0 Å². The Labute approximate surface area is 122 Å². The van der Waals surface area contributed by atoms with Crippen molar-refractivity contribution < 1.29 is 14.7 Å². The van der Waals surface area contributed by atoms with Gasteiger partial charge in [-0.15, -0.1) is 0 Å². The van der Waals surface area contributed by atoms with Gasteiger partial charge in [-0.05, 0) is 31.9 Å². The maximum atomic E-state index is 12.5. The molecule has 21 heavy (non-hydrogen) atoms. The average Bonchev–Trinajstić information content (AvgIpc) is 3.06. The first-order valence-electron chi connectivity index (χ1n) is 7.13. The second kappa shape index (κ2) is 4.91. The van der Waals surface area contributed by atoms with Crippen molar-refractivity contribution in [1.82, 2.24) is 10.3 Å². The molecule has 2 aromatic rings. The summed E-state index contributed by atoms with van der Waals surface area (Å²) in [5.41, 5.74) is 0.460. The van der Waals surface area contributed by atoms with Gasteiger partial charge in [0.1, 0.15) is 0 Å². The second-order valence-corrected chi connectivity index (χ2v) is 5.89. The molecule has 2 atom stereocenters. The van der Waals surface area contributed by atoms with Gasteiger partial charge < -0.3 is 15.4 Å². The summed E-state index contributed by atoms with van der Waals surface area (Å²) < 4.78 is 0. The zero-order chi connectivity index (χ0) is 15.0. The number of benzene rings is 1. The number of hydrogen-bond acceptors (Lipinski definition) is 2. The van der Waals surface area contributed by atoms with E-state index in [1.54, 1.807) is 19.2 Å². The number of aromatic nitrogens is 1. The van der Waals surface area contributed by atoms with Crippen molar-refractivity contribution >= 4 is 22.8 Å². The normalized spacial score (nSPS) is 25.1. The molecular weight excluding hydrogens is 268 g/mol. The number of carboxylic acids is 1. The molecule has 1 fully saturated rings. The minimum atomic E-state index is -0.876. The Morgan fingerprint density at radius 3 is 2.95 bits per heavy atom. The number of aromatic amines is 1. The first-order valence-corrected chi connectivity index (χ1v) is 7.13. The van der Waals surface area contributed by atoms with Gasteiger partial charge in [-0.1, -0.05) is 18.6 Å². The Morgan fingerprint density at radius 2 is 2.19 bits per heavy atom. The highest BCUT2D eigenvalue weighted by molar-refractivity contribution is 6.06. The van der Waals surface area contributed by atoms with Crippen LogP contribution in [0.1, 0.15) is 36.5 Å². The first kappa shape index (κ1) is 13.7. The van der Waals surface area contributed by atoms with E-state index in [0.717, 1.165) is 17.3 Å². The van der Waals surface area contributed by atoms with Crippen LogP contribution in [0, 0.1) is 5.41 Å². The van der Waals surface area contributed by atoms with Gasteiger partial charge in [-0.3, -0.25) is 9.59 Å². The lowest BCUT2D eigenvalue weighted by Gasteiger charge is -2.27. The molecule has 5 heteroatoms. The number of nitrogens with one attached hydrogen (secondary N) is 2. The summed E-state index contributed by atoms with van der Waals surface area (Å²) in [5.74, 6) is -1.06. The fourth-order valence-electron chi connectivity index (χ4n) is 3.16.